The number of hydrogen-bond acceptors (Lipinski definition) is 6. The van der Waals surface area contributed by atoms with E-state index in [1.54, 1.807) is 7.11 Å². The summed E-state index contributed by atoms with van der Waals surface area (Å²) in [5.74, 6) is 1.06. The van der Waals surface area contributed by atoms with Gasteiger partial charge >= 0.3 is 0 Å². The summed E-state index contributed by atoms with van der Waals surface area (Å²) in [7, 11) is 1.70. The molecule has 1 aliphatic heterocycles. The molecule has 0 radical (unpaired) electrons. The van der Waals surface area contributed by atoms with E-state index in [2.05, 4.69) is 36.8 Å². The molecule has 0 bridgehead atoms. The molecule has 0 amide bonds. The van der Waals surface area contributed by atoms with Crippen LogP contribution >= 0.6 is 31.9 Å². The number of allylic oxidation sites excluding steroid dienone is 4. The predicted octanol–water partition coefficient (Wildman–Crippen LogP) is 7.64. The molecule has 0 aromatic heterocycles. The molecule has 1 heterocycles. The van der Waals surface area contributed by atoms with Crippen LogP contribution in [0.3, 0.4) is 0 Å². The lowest BCUT2D eigenvalue weighted by atomic mass is 9.71. The second-order valence-corrected chi connectivity index (χ2v) is 12.1. The standard InChI is InChI=1S/C32H35Br2NO5/c1-3-39-28-18-21(17-23(34)32(28)40-19-20-9-4-5-10-22(20)33)29-30-24(11-6-13-26(30)36)35(15-8-16-38-2)25-12-7-14-27(37)31(25)29/h4-5,9-10,17-18,29H,3,6-8,11-16,19H2,1-2H3. The van der Waals surface area contributed by atoms with Crippen LogP contribution < -0.4 is 9.47 Å². The molecule has 212 valence electrons. The van der Waals surface area contributed by atoms with Crippen molar-refractivity contribution in [2.24, 2.45) is 0 Å². The van der Waals surface area contributed by atoms with Crippen molar-refractivity contribution < 1.29 is 23.8 Å². The molecule has 40 heavy (non-hydrogen) atoms. The fourth-order valence-electron chi connectivity index (χ4n) is 6.11. The number of carbonyl (C=O) groups excluding carboxylic acids is 2. The van der Waals surface area contributed by atoms with Crippen molar-refractivity contribution in [1.82, 2.24) is 4.90 Å². The largest absolute Gasteiger partial charge is 0.490 e. The lowest BCUT2D eigenvalue weighted by Gasteiger charge is -2.44. The Labute approximate surface area is 253 Å². The Morgan fingerprint density at radius 2 is 1.57 bits per heavy atom. The van der Waals surface area contributed by atoms with E-state index in [0.29, 0.717) is 44.2 Å². The minimum atomic E-state index is -0.405. The molecule has 0 atom stereocenters. The highest BCUT2D eigenvalue weighted by Gasteiger charge is 2.43. The van der Waals surface area contributed by atoms with Crippen LogP contribution in [0, 0.1) is 0 Å². The van der Waals surface area contributed by atoms with Gasteiger partial charge in [0.25, 0.3) is 0 Å². The summed E-state index contributed by atoms with van der Waals surface area (Å²) in [5.41, 5.74) is 5.60. The molecule has 0 spiro atoms. The van der Waals surface area contributed by atoms with E-state index < -0.39 is 5.92 Å². The Hall–Kier alpha value is -2.42. The first-order valence-corrected chi connectivity index (χ1v) is 15.6. The monoisotopic (exact) mass is 671 g/mol. The molecule has 2 aromatic rings. The molecule has 0 unspecified atom stereocenters. The summed E-state index contributed by atoms with van der Waals surface area (Å²) in [5, 5.41) is 0. The van der Waals surface area contributed by atoms with E-state index in [-0.39, 0.29) is 11.6 Å². The van der Waals surface area contributed by atoms with Crippen molar-refractivity contribution in [2.45, 2.75) is 64.4 Å². The van der Waals surface area contributed by atoms with Crippen LogP contribution in [0.4, 0.5) is 0 Å². The summed E-state index contributed by atoms with van der Waals surface area (Å²) < 4.78 is 19.4. The predicted molar refractivity (Wildman–Crippen MR) is 161 cm³/mol. The van der Waals surface area contributed by atoms with Gasteiger partial charge in [-0.3, -0.25) is 9.59 Å². The highest BCUT2D eigenvalue weighted by atomic mass is 79.9. The first-order valence-electron chi connectivity index (χ1n) is 14.1. The number of rotatable bonds is 10. The normalized spacial score (nSPS) is 17.8. The van der Waals surface area contributed by atoms with Gasteiger partial charge in [-0.05, 0) is 78.7 Å². The molecule has 0 saturated carbocycles. The smallest absolute Gasteiger partial charge is 0.175 e. The van der Waals surface area contributed by atoms with Crippen molar-refractivity contribution in [1.29, 1.82) is 0 Å². The number of benzene rings is 2. The molecule has 6 nitrogen and oxygen atoms in total. The third-order valence-electron chi connectivity index (χ3n) is 7.81. The van der Waals surface area contributed by atoms with Crippen molar-refractivity contribution in [2.75, 3.05) is 26.9 Å². The van der Waals surface area contributed by atoms with Gasteiger partial charge in [0.15, 0.2) is 23.1 Å². The first kappa shape index (κ1) is 29.1. The van der Waals surface area contributed by atoms with E-state index in [0.717, 1.165) is 81.3 Å². The van der Waals surface area contributed by atoms with E-state index in [1.165, 1.54) is 0 Å². The lowest BCUT2D eigenvalue weighted by molar-refractivity contribution is -0.117. The zero-order valence-electron chi connectivity index (χ0n) is 23.1. The number of hydrogen-bond donors (Lipinski definition) is 0. The van der Waals surface area contributed by atoms with E-state index in [4.69, 9.17) is 14.2 Å². The number of nitrogens with zero attached hydrogens (tertiary/aromatic N) is 1. The number of ether oxygens (including phenoxy) is 3. The minimum absolute atomic E-state index is 0.135. The molecular formula is C32H35Br2NO5. The number of carbonyl (C=O) groups is 2. The van der Waals surface area contributed by atoms with Gasteiger partial charge in [-0.15, -0.1) is 0 Å². The molecular weight excluding hydrogens is 638 g/mol. The van der Waals surface area contributed by atoms with Crippen LogP contribution in [0.2, 0.25) is 0 Å². The van der Waals surface area contributed by atoms with Gasteiger partial charge in [0.1, 0.15) is 6.61 Å². The second kappa shape index (κ2) is 13.0. The molecule has 0 saturated heterocycles. The van der Waals surface area contributed by atoms with Crippen molar-refractivity contribution >= 4 is 43.4 Å². The summed E-state index contributed by atoms with van der Waals surface area (Å²) in [6, 6.07) is 11.9. The van der Waals surface area contributed by atoms with Gasteiger partial charge < -0.3 is 19.1 Å². The van der Waals surface area contributed by atoms with Gasteiger partial charge in [0.2, 0.25) is 0 Å². The molecule has 3 aliphatic rings. The van der Waals surface area contributed by atoms with Gasteiger partial charge in [-0.25, -0.2) is 0 Å². The Bertz CT molecular complexity index is 1320. The Kier molecular flexibility index (Phi) is 9.49. The fraction of sp³-hybridized carbons (Fsp3) is 0.438. The second-order valence-electron chi connectivity index (χ2n) is 10.3. The minimum Gasteiger partial charge on any atom is -0.490 e. The molecule has 2 aromatic carbocycles. The molecule has 0 N–H and O–H groups in total. The highest BCUT2D eigenvalue weighted by Crippen LogP contribution is 2.51. The van der Waals surface area contributed by atoms with Gasteiger partial charge in [-0.1, -0.05) is 34.1 Å². The van der Waals surface area contributed by atoms with Crippen molar-refractivity contribution in [3.05, 3.63) is 79.0 Å². The van der Waals surface area contributed by atoms with Crippen molar-refractivity contribution in [3.8, 4) is 11.5 Å². The van der Waals surface area contributed by atoms with Crippen molar-refractivity contribution in [3.63, 3.8) is 0 Å². The maximum atomic E-state index is 13.6. The third-order valence-corrected chi connectivity index (χ3v) is 9.17. The first-order chi connectivity index (χ1) is 19.4. The number of Topliss-reactive ketones (excluding diaryl/α,β-unsaturated/α-hetero) is 2. The zero-order valence-corrected chi connectivity index (χ0v) is 26.2. The molecule has 0 fully saturated rings. The molecule has 8 heteroatoms. The van der Waals surface area contributed by atoms with Gasteiger partial charge in [-0.2, -0.15) is 0 Å². The SMILES string of the molecule is CCOc1cc(C2C3=C(CCCC3=O)N(CCCOC)C3=C2C(=O)CCC3)cc(Br)c1OCc1ccccc1Br. The fourth-order valence-corrected chi connectivity index (χ4v) is 7.08. The summed E-state index contributed by atoms with van der Waals surface area (Å²) >= 11 is 7.34. The van der Waals surface area contributed by atoms with E-state index in [9.17, 15) is 9.59 Å². The maximum absolute atomic E-state index is 13.6. The van der Waals surface area contributed by atoms with Gasteiger partial charge in [0.05, 0.1) is 11.1 Å². The Balaban J connectivity index is 1.60. The van der Waals surface area contributed by atoms with Crippen LogP contribution in [0.5, 0.6) is 11.5 Å². The Morgan fingerprint density at radius 3 is 2.20 bits per heavy atom. The van der Waals surface area contributed by atoms with E-state index in [1.807, 2.05) is 43.3 Å². The summed E-state index contributed by atoms with van der Waals surface area (Å²) in [4.78, 5) is 29.5. The topological polar surface area (TPSA) is 65.1 Å². The van der Waals surface area contributed by atoms with Gasteiger partial charge in [0, 0.05) is 71.6 Å². The third kappa shape index (κ3) is 5.81. The zero-order chi connectivity index (χ0) is 28.2. The van der Waals surface area contributed by atoms with Crippen LogP contribution in [0.1, 0.15) is 68.9 Å². The average Bonchev–Trinajstić information content (AvgIpc) is 2.94. The van der Waals surface area contributed by atoms with E-state index >= 15 is 0 Å². The quantitative estimate of drug-likeness (QED) is 0.242. The highest BCUT2D eigenvalue weighted by molar-refractivity contribution is 9.10. The Morgan fingerprint density at radius 1 is 0.900 bits per heavy atom. The lowest BCUT2D eigenvalue weighted by Crippen LogP contribution is -2.39. The van der Waals surface area contributed by atoms with Crippen LogP contribution in [-0.4, -0.2) is 43.3 Å². The molecule has 2 aliphatic carbocycles. The van der Waals surface area contributed by atoms with Crippen LogP contribution in [0.25, 0.3) is 0 Å². The summed E-state index contributed by atoms with van der Waals surface area (Å²) in [6.07, 6.45) is 5.18. The number of methoxy groups -OCH3 is 1. The summed E-state index contributed by atoms with van der Waals surface area (Å²) in [6.45, 7) is 4.14. The number of halogens is 2. The van der Waals surface area contributed by atoms with Crippen LogP contribution in [0.15, 0.2) is 67.9 Å². The molecule has 5 rings (SSSR count). The maximum Gasteiger partial charge on any atom is 0.175 e. The number of ketones is 2. The average molecular weight is 673 g/mol. The van der Waals surface area contributed by atoms with Crippen LogP contribution in [-0.2, 0) is 20.9 Å².